The second-order valence-corrected chi connectivity index (χ2v) is 13.1. The zero-order valence-electron chi connectivity index (χ0n) is 17.0. The van der Waals surface area contributed by atoms with Crippen molar-refractivity contribution in [2.24, 2.45) is 0 Å². The minimum absolute atomic E-state index is 0.588. The van der Waals surface area contributed by atoms with Crippen LogP contribution in [0.15, 0.2) is 79.0 Å². The summed E-state index contributed by atoms with van der Waals surface area (Å²) < 4.78 is 0. The Morgan fingerprint density at radius 1 is 0.704 bits per heavy atom. The zero-order chi connectivity index (χ0) is 19.3. The molecule has 27 heavy (non-hydrogen) atoms. The molecule has 3 rings (SSSR count). The lowest BCUT2D eigenvalue weighted by atomic mass is 10.0. The largest absolute Gasteiger partial charge is 0.266 e. The maximum absolute atomic E-state index is 4.89. The summed E-state index contributed by atoms with van der Waals surface area (Å²) in [6, 6.07) is 26.4. The normalized spacial score (nSPS) is 11.9. The van der Waals surface area contributed by atoms with E-state index in [2.05, 4.69) is 94.4 Å². The third-order valence-corrected chi connectivity index (χ3v) is 12.1. The minimum Gasteiger partial charge on any atom is -0.266 e. The van der Waals surface area contributed by atoms with E-state index >= 15 is 0 Å². The summed E-state index contributed by atoms with van der Waals surface area (Å²) in [6.45, 7) is 9.59. The molecule has 0 amide bonds. The summed E-state index contributed by atoms with van der Waals surface area (Å²) in [4.78, 5) is 4.89. The van der Waals surface area contributed by atoms with Crippen molar-refractivity contribution in [2.45, 2.75) is 51.6 Å². The van der Waals surface area contributed by atoms with Gasteiger partial charge in [-0.3, -0.25) is 4.98 Å². The molecule has 1 heterocycles. The van der Waals surface area contributed by atoms with Gasteiger partial charge in [0.05, 0.1) is 0 Å². The molecule has 1 nitrogen and oxygen atoms in total. The summed E-state index contributed by atoms with van der Waals surface area (Å²) in [5, 5.41) is 2.90. The minimum atomic E-state index is -2.00. The van der Waals surface area contributed by atoms with Gasteiger partial charge in [-0.2, -0.15) is 0 Å². The van der Waals surface area contributed by atoms with E-state index in [0.29, 0.717) is 11.1 Å². The number of aryl methyl sites for hydroxylation is 2. The molecule has 0 fully saturated rings. The molecule has 0 unspecified atom stereocenters. The summed E-state index contributed by atoms with van der Waals surface area (Å²) in [7, 11) is -2.00. The number of hydrogen-bond acceptors (Lipinski definition) is 1. The molecule has 0 aliphatic carbocycles. The highest BCUT2D eigenvalue weighted by Gasteiger charge is 2.45. The molecule has 0 saturated heterocycles. The Hall–Kier alpha value is -2.19. The first-order chi connectivity index (χ1) is 13.1. The quantitative estimate of drug-likeness (QED) is 0.515. The third-order valence-electron chi connectivity index (χ3n) is 5.90. The van der Waals surface area contributed by atoms with Crippen LogP contribution in [-0.4, -0.2) is 13.1 Å². The summed E-state index contributed by atoms with van der Waals surface area (Å²) in [6.07, 6.45) is 4.14. The van der Waals surface area contributed by atoms with E-state index in [-0.39, 0.29) is 0 Å². The smallest absolute Gasteiger partial charge is 0.146 e. The van der Waals surface area contributed by atoms with Crippen molar-refractivity contribution in [1.29, 1.82) is 0 Å². The molecule has 2 heteroatoms. The molecule has 0 bridgehead atoms. The van der Waals surface area contributed by atoms with Crippen LogP contribution in [0.3, 0.4) is 0 Å². The van der Waals surface area contributed by atoms with Crippen LogP contribution >= 0.6 is 0 Å². The fourth-order valence-corrected chi connectivity index (χ4v) is 10.5. The number of pyridine rings is 1. The third kappa shape index (κ3) is 3.91. The van der Waals surface area contributed by atoms with Crippen LogP contribution in [-0.2, 0) is 12.8 Å². The lowest BCUT2D eigenvalue weighted by Gasteiger charge is -2.40. The van der Waals surface area contributed by atoms with E-state index in [1.165, 1.54) is 16.4 Å². The van der Waals surface area contributed by atoms with Crippen molar-refractivity contribution in [1.82, 2.24) is 4.98 Å². The fraction of sp³-hybridized carbons (Fsp3) is 0.320. The van der Waals surface area contributed by atoms with Crippen LogP contribution in [0, 0.1) is 0 Å². The number of aromatic nitrogens is 1. The second-order valence-electron chi connectivity index (χ2n) is 8.04. The van der Waals surface area contributed by atoms with Gasteiger partial charge >= 0.3 is 0 Å². The molecule has 0 atom stereocenters. The van der Waals surface area contributed by atoms with E-state index < -0.39 is 8.07 Å². The second kappa shape index (κ2) is 8.66. The summed E-state index contributed by atoms with van der Waals surface area (Å²) in [5.41, 5.74) is 4.09. The average Bonchev–Trinajstić information content (AvgIpc) is 2.69. The van der Waals surface area contributed by atoms with Crippen LogP contribution in [0.2, 0.25) is 11.1 Å². The van der Waals surface area contributed by atoms with E-state index in [4.69, 9.17) is 4.98 Å². The Kier molecular flexibility index (Phi) is 6.28. The standard InChI is InChI=1S/C25H31NSi/c1-20(2)27(21(3)4,25-16-10-11-19-26-25)24-15-9-8-14-23(24)18-17-22-12-6-5-7-13-22/h5-16,19-21H,17-18H2,1-4H3. The highest BCUT2D eigenvalue weighted by atomic mass is 28.3. The molecule has 2 aromatic carbocycles. The average molecular weight is 374 g/mol. The zero-order valence-corrected chi connectivity index (χ0v) is 18.0. The first-order valence-electron chi connectivity index (χ1n) is 10.1. The maximum atomic E-state index is 4.89. The molecule has 0 spiro atoms. The highest BCUT2D eigenvalue weighted by Crippen LogP contribution is 2.32. The first-order valence-corrected chi connectivity index (χ1v) is 12.3. The topological polar surface area (TPSA) is 12.9 Å². The SMILES string of the molecule is CC(C)[Si](c1ccccn1)(c1ccccc1CCc1ccccc1)C(C)C. The Labute approximate surface area is 165 Å². The molecule has 0 aliphatic heterocycles. The first kappa shape index (κ1) is 19.6. The van der Waals surface area contributed by atoms with Gasteiger partial charge in [-0.25, -0.2) is 0 Å². The summed E-state index contributed by atoms with van der Waals surface area (Å²) in [5.74, 6) is 0. The molecule has 140 valence electrons. The fourth-order valence-electron chi connectivity index (χ4n) is 4.69. The van der Waals surface area contributed by atoms with Crippen LogP contribution in [0.5, 0.6) is 0 Å². The molecule has 1 aromatic heterocycles. The van der Waals surface area contributed by atoms with Crippen molar-refractivity contribution in [2.75, 3.05) is 0 Å². The van der Waals surface area contributed by atoms with Crippen LogP contribution in [0.25, 0.3) is 0 Å². The van der Waals surface area contributed by atoms with E-state index in [1.807, 2.05) is 12.3 Å². The van der Waals surface area contributed by atoms with Crippen molar-refractivity contribution in [3.8, 4) is 0 Å². The van der Waals surface area contributed by atoms with Gasteiger partial charge in [0.1, 0.15) is 8.07 Å². The highest BCUT2D eigenvalue weighted by molar-refractivity contribution is 7.03. The lowest BCUT2D eigenvalue weighted by molar-refractivity contribution is 0.914. The predicted molar refractivity (Wildman–Crippen MR) is 120 cm³/mol. The predicted octanol–water partition coefficient (Wildman–Crippen LogP) is 5.25. The van der Waals surface area contributed by atoms with Crippen molar-refractivity contribution < 1.29 is 0 Å². The number of benzene rings is 2. The molecule has 0 N–H and O–H groups in total. The van der Waals surface area contributed by atoms with Gasteiger partial charge in [-0.05, 0) is 52.4 Å². The van der Waals surface area contributed by atoms with Gasteiger partial charge in [0.25, 0.3) is 0 Å². The lowest BCUT2D eigenvalue weighted by Crippen LogP contribution is -2.64. The van der Waals surface area contributed by atoms with Gasteiger partial charge in [0, 0.05) is 11.5 Å². The van der Waals surface area contributed by atoms with Crippen LogP contribution < -0.4 is 10.5 Å². The van der Waals surface area contributed by atoms with Gasteiger partial charge in [0.2, 0.25) is 0 Å². The Balaban J connectivity index is 2.08. The summed E-state index contributed by atoms with van der Waals surface area (Å²) >= 11 is 0. The van der Waals surface area contributed by atoms with Crippen molar-refractivity contribution in [3.05, 3.63) is 90.1 Å². The molecule has 0 aliphatic rings. The Morgan fingerprint density at radius 3 is 1.96 bits per heavy atom. The van der Waals surface area contributed by atoms with Crippen LogP contribution in [0.1, 0.15) is 38.8 Å². The number of nitrogens with zero attached hydrogens (tertiary/aromatic N) is 1. The molecule has 3 aromatic rings. The van der Waals surface area contributed by atoms with E-state index in [0.717, 1.165) is 12.8 Å². The molecule has 0 saturated carbocycles. The monoisotopic (exact) mass is 373 g/mol. The Bertz CT molecular complexity index is 832. The number of hydrogen-bond donors (Lipinski definition) is 0. The molecule has 0 radical (unpaired) electrons. The van der Waals surface area contributed by atoms with Crippen molar-refractivity contribution >= 4 is 18.6 Å². The van der Waals surface area contributed by atoms with Crippen LogP contribution in [0.4, 0.5) is 0 Å². The Morgan fingerprint density at radius 2 is 1.33 bits per heavy atom. The van der Waals surface area contributed by atoms with Crippen molar-refractivity contribution in [3.63, 3.8) is 0 Å². The molecular formula is C25H31NSi. The van der Waals surface area contributed by atoms with E-state index in [9.17, 15) is 0 Å². The van der Waals surface area contributed by atoms with Gasteiger partial charge in [0.15, 0.2) is 0 Å². The van der Waals surface area contributed by atoms with Gasteiger partial charge in [-0.1, -0.05) is 88.4 Å². The molecular weight excluding hydrogens is 342 g/mol. The van der Waals surface area contributed by atoms with Gasteiger partial charge in [-0.15, -0.1) is 0 Å². The van der Waals surface area contributed by atoms with Gasteiger partial charge < -0.3 is 0 Å². The van der Waals surface area contributed by atoms with E-state index in [1.54, 1.807) is 5.19 Å². The number of rotatable bonds is 7. The maximum Gasteiger partial charge on any atom is 0.146 e.